The van der Waals surface area contributed by atoms with Crippen LogP contribution in [0.2, 0.25) is 0 Å². The van der Waals surface area contributed by atoms with Gasteiger partial charge in [0.15, 0.2) is 0 Å². The standard InChI is InChI=1S/C12H22N/c1-2-3-4-5-6-7-8-9-10-11-12-13/h13H,2-7,10-12H2,1H3. The van der Waals surface area contributed by atoms with Gasteiger partial charge in [0.1, 0.15) is 0 Å². The second kappa shape index (κ2) is 11.5. The lowest BCUT2D eigenvalue weighted by Gasteiger charge is -1.94. The molecule has 0 unspecified atom stereocenters. The third-order valence-corrected chi connectivity index (χ3v) is 2.01. The summed E-state index contributed by atoms with van der Waals surface area (Å²) < 4.78 is 0. The van der Waals surface area contributed by atoms with Gasteiger partial charge in [-0.2, -0.15) is 0 Å². The van der Waals surface area contributed by atoms with E-state index in [2.05, 4.69) is 18.8 Å². The molecule has 0 aliphatic carbocycles. The molecule has 0 spiro atoms. The van der Waals surface area contributed by atoms with E-state index in [0.717, 1.165) is 19.3 Å². The smallest absolute Gasteiger partial charge is 0.0109 e. The van der Waals surface area contributed by atoms with Gasteiger partial charge < -0.3 is 0 Å². The van der Waals surface area contributed by atoms with E-state index in [1.54, 1.807) is 0 Å². The fraction of sp³-hybridized carbons (Fsp3) is 0.833. The fourth-order valence-electron chi connectivity index (χ4n) is 1.17. The number of hydrogen-bond acceptors (Lipinski definition) is 0. The maximum atomic E-state index is 6.93. The van der Waals surface area contributed by atoms with E-state index in [4.69, 9.17) is 5.73 Å². The molecule has 0 aliphatic heterocycles. The lowest BCUT2D eigenvalue weighted by atomic mass is 10.1. The summed E-state index contributed by atoms with van der Waals surface area (Å²) in [6, 6.07) is 0. The zero-order valence-corrected chi connectivity index (χ0v) is 8.86. The van der Waals surface area contributed by atoms with Crippen molar-refractivity contribution < 1.29 is 0 Å². The van der Waals surface area contributed by atoms with Crippen LogP contribution in [0, 0.1) is 11.8 Å². The molecular formula is C12H22N. The van der Waals surface area contributed by atoms with Crippen molar-refractivity contribution in [3.05, 3.63) is 0 Å². The summed E-state index contributed by atoms with van der Waals surface area (Å²) in [7, 11) is 0. The molecule has 0 bridgehead atoms. The van der Waals surface area contributed by atoms with Gasteiger partial charge in [0.2, 0.25) is 0 Å². The topological polar surface area (TPSA) is 23.8 Å². The maximum Gasteiger partial charge on any atom is 0.0109 e. The molecule has 0 rings (SSSR count). The summed E-state index contributed by atoms with van der Waals surface area (Å²) in [5.74, 6) is 6.27. The summed E-state index contributed by atoms with van der Waals surface area (Å²) in [4.78, 5) is 0. The van der Waals surface area contributed by atoms with E-state index >= 15 is 0 Å². The van der Waals surface area contributed by atoms with E-state index < -0.39 is 0 Å². The number of nitrogens with one attached hydrogen (secondary N) is 1. The third kappa shape index (κ3) is 11.5. The Balaban J connectivity index is 2.99. The van der Waals surface area contributed by atoms with Crippen LogP contribution in [0.1, 0.15) is 58.3 Å². The zero-order valence-electron chi connectivity index (χ0n) is 8.86. The van der Waals surface area contributed by atoms with Crippen molar-refractivity contribution in [2.24, 2.45) is 0 Å². The average Bonchev–Trinajstić information content (AvgIpc) is 2.16. The average molecular weight is 180 g/mol. The molecule has 0 amide bonds. The van der Waals surface area contributed by atoms with Crippen molar-refractivity contribution in [1.29, 1.82) is 0 Å². The largest absolute Gasteiger partial charge is 0.258 e. The SMILES string of the molecule is CCCCCCCC#CCCC[NH]. The highest BCUT2D eigenvalue weighted by Crippen LogP contribution is 2.03. The molecule has 1 heteroatoms. The summed E-state index contributed by atoms with van der Waals surface area (Å²) in [5.41, 5.74) is 6.93. The minimum absolute atomic E-state index is 0.519. The molecule has 1 N–H and O–H groups in total. The Labute approximate surface area is 83.1 Å². The molecule has 1 radical (unpaired) electrons. The molecule has 0 heterocycles. The van der Waals surface area contributed by atoms with Crippen LogP contribution in [0.3, 0.4) is 0 Å². The van der Waals surface area contributed by atoms with Crippen LogP contribution in [0.25, 0.3) is 0 Å². The van der Waals surface area contributed by atoms with Gasteiger partial charge in [-0.25, -0.2) is 0 Å². The van der Waals surface area contributed by atoms with Crippen LogP contribution in [-0.4, -0.2) is 6.54 Å². The molecule has 0 aromatic heterocycles. The first kappa shape index (κ1) is 12.5. The van der Waals surface area contributed by atoms with Gasteiger partial charge in [-0.1, -0.05) is 32.6 Å². The van der Waals surface area contributed by atoms with E-state index in [-0.39, 0.29) is 0 Å². The fourth-order valence-corrected chi connectivity index (χ4v) is 1.17. The second-order valence-electron chi connectivity index (χ2n) is 3.37. The van der Waals surface area contributed by atoms with Crippen molar-refractivity contribution in [2.45, 2.75) is 58.3 Å². The molecule has 75 valence electrons. The van der Waals surface area contributed by atoms with Crippen molar-refractivity contribution in [3.8, 4) is 11.8 Å². The number of hydrogen-bond donors (Lipinski definition) is 0. The third-order valence-electron chi connectivity index (χ3n) is 2.01. The molecule has 13 heavy (non-hydrogen) atoms. The molecule has 0 aromatic rings. The summed E-state index contributed by atoms with van der Waals surface area (Å²) in [5, 5.41) is 0. The Morgan fingerprint density at radius 3 is 2.08 bits per heavy atom. The van der Waals surface area contributed by atoms with Crippen LogP contribution in [0.4, 0.5) is 0 Å². The second-order valence-corrected chi connectivity index (χ2v) is 3.37. The van der Waals surface area contributed by atoms with Crippen molar-refractivity contribution in [2.75, 3.05) is 6.54 Å². The molecule has 0 atom stereocenters. The van der Waals surface area contributed by atoms with Gasteiger partial charge in [-0.3, -0.25) is 5.73 Å². The van der Waals surface area contributed by atoms with Crippen LogP contribution >= 0.6 is 0 Å². The van der Waals surface area contributed by atoms with E-state index in [0.29, 0.717) is 6.54 Å². The Morgan fingerprint density at radius 2 is 1.46 bits per heavy atom. The summed E-state index contributed by atoms with van der Waals surface area (Å²) >= 11 is 0. The van der Waals surface area contributed by atoms with E-state index in [1.165, 1.54) is 32.1 Å². The highest BCUT2D eigenvalue weighted by Gasteiger charge is 1.85. The molecular weight excluding hydrogens is 158 g/mol. The predicted octanol–water partition coefficient (Wildman–Crippen LogP) is 3.41. The zero-order chi connectivity index (χ0) is 9.78. The molecule has 0 fully saturated rings. The first-order valence-electron chi connectivity index (χ1n) is 5.52. The highest BCUT2D eigenvalue weighted by atomic mass is 14.5. The molecule has 0 saturated carbocycles. The van der Waals surface area contributed by atoms with E-state index in [9.17, 15) is 0 Å². The molecule has 0 saturated heterocycles. The van der Waals surface area contributed by atoms with E-state index in [1.807, 2.05) is 0 Å². The maximum absolute atomic E-state index is 6.93. The van der Waals surface area contributed by atoms with Crippen molar-refractivity contribution in [1.82, 2.24) is 5.73 Å². The monoisotopic (exact) mass is 180 g/mol. The lowest BCUT2D eigenvalue weighted by Crippen LogP contribution is -1.81. The lowest BCUT2D eigenvalue weighted by molar-refractivity contribution is 0.641. The van der Waals surface area contributed by atoms with Gasteiger partial charge in [0.05, 0.1) is 0 Å². The minimum atomic E-state index is 0.519. The van der Waals surface area contributed by atoms with Crippen LogP contribution in [0.5, 0.6) is 0 Å². The number of unbranched alkanes of at least 4 members (excludes halogenated alkanes) is 6. The van der Waals surface area contributed by atoms with Crippen molar-refractivity contribution in [3.63, 3.8) is 0 Å². The van der Waals surface area contributed by atoms with Gasteiger partial charge >= 0.3 is 0 Å². The quantitative estimate of drug-likeness (QED) is 0.423. The highest BCUT2D eigenvalue weighted by molar-refractivity contribution is 4.98. The van der Waals surface area contributed by atoms with Crippen molar-refractivity contribution >= 4 is 0 Å². The van der Waals surface area contributed by atoms with Gasteiger partial charge in [0, 0.05) is 19.4 Å². The molecule has 0 aliphatic rings. The van der Waals surface area contributed by atoms with Gasteiger partial charge in [0.25, 0.3) is 0 Å². The molecule has 0 aromatic carbocycles. The predicted molar refractivity (Wildman–Crippen MR) is 58.3 cm³/mol. The Morgan fingerprint density at radius 1 is 0.846 bits per heavy atom. The Bertz CT molecular complexity index is 141. The van der Waals surface area contributed by atoms with Gasteiger partial charge in [-0.05, 0) is 12.8 Å². The first-order valence-corrected chi connectivity index (χ1v) is 5.52. The van der Waals surface area contributed by atoms with Crippen LogP contribution in [-0.2, 0) is 0 Å². The Kier molecular flexibility index (Phi) is 11.1. The minimum Gasteiger partial charge on any atom is -0.258 e. The van der Waals surface area contributed by atoms with Crippen LogP contribution in [0.15, 0.2) is 0 Å². The first-order chi connectivity index (χ1) is 6.41. The number of rotatable bonds is 7. The Hall–Kier alpha value is -0.480. The summed E-state index contributed by atoms with van der Waals surface area (Å²) in [6.07, 6.45) is 9.55. The van der Waals surface area contributed by atoms with Gasteiger partial charge in [-0.15, -0.1) is 11.8 Å². The molecule has 1 nitrogen and oxygen atoms in total. The summed E-state index contributed by atoms with van der Waals surface area (Å²) in [6.45, 7) is 2.76. The van der Waals surface area contributed by atoms with Crippen LogP contribution < -0.4 is 5.73 Å². The normalized spacial score (nSPS) is 9.38.